The minimum Gasteiger partial charge on any atom is -0.481 e. The Hall–Kier alpha value is -1.93. The van der Waals surface area contributed by atoms with E-state index >= 15 is 0 Å². The van der Waals surface area contributed by atoms with Crippen LogP contribution in [0.2, 0.25) is 0 Å². The molecule has 3 saturated heterocycles. The predicted octanol–water partition coefficient (Wildman–Crippen LogP) is 0.803. The number of aliphatic carboxylic acids is 1. The maximum atomic E-state index is 12.0. The molecule has 0 radical (unpaired) electrons. The minimum absolute atomic E-state index is 0.0978. The second-order valence-corrected chi connectivity index (χ2v) is 7.35. The molecule has 1 aromatic rings. The van der Waals surface area contributed by atoms with Crippen LogP contribution in [0.3, 0.4) is 0 Å². The number of hydrogen-bond donors (Lipinski definition) is 1. The van der Waals surface area contributed by atoms with Gasteiger partial charge in [-0.15, -0.1) is 0 Å². The number of fused-ring (bicyclic) bond motifs is 1. The van der Waals surface area contributed by atoms with Crippen molar-refractivity contribution in [2.24, 2.45) is 11.3 Å². The zero-order valence-corrected chi connectivity index (χ0v) is 15.2. The van der Waals surface area contributed by atoms with E-state index in [1.807, 2.05) is 6.07 Å². The molecule has 0 amide bonds. The number of rotatable bonds is 4. The molecular formula is C18H26N4O4. The summed E-state index contributed by atoms with van der Waals surface area (Å²) in [4.78, 5) is 25.7. The molecule has 1 N–H and O–H groups in total. The molecule has 8 heteroatoms. The Morgan fingerprint density at radius 1 is 1.27 bits per heavy atom. The van der Waals surface area contributed by atoms with Gasteiger partial charge in [-0.25, -0.2) is 4.98 Å². The summed E-state index contributed by atoms with van der Waals surface area (Å²) in [5.41, 5.74) is 0.154. The number of aromatic nitrogens is 2. The Kier molecular flexibility index (Phi) is 4.71. The van der Waals surface area contributed by atoms with Crippen molar-refractivity contribution in [3.8, 4) is 0 Å². The number of anilines is 2. The lowest BCUT2D eigenvalue weighted by molar-refractivity contribution is -0.159. The van der Waals surface area contributed by atoms with Crippen LogP contribution < -0.4 is 9.80 Å². The Bertz CT molecular complexity index is 679. The molecule has 0 aromatic carbocycles. The van der Waals surface area contributed by atoms with Gasteiger partial charge in [-0.2, -0.15) is 4.98 Å². The van der Waals surface area contributed by atoms with Crippen LogP contribution in [0.25, 0.3) is 0 Å². The normalized spacial score (nSPS) is 28.9. The third-order valence-corrected chi connectivity index (χ3v) is 5.83. The number of carboxylic acid groups (broad SMARTS) is 1. The van der Waals surface area contributed by atoms with E-state index in [9.17, 15) is 9.90 Å². The van der Waals surface area contributed by atoms with Crippen molar-refractivity contribution in [3.63, 3.8) is 0 Å². The van der Waals surface area contributed by atoms with Gasteiger partial charge in [0.05, 0.1) is 19.8 Å². The lowest BCUT2D eigenvalue weighted by Crippen LogP contribution is -2.46. The average Bonchev–Trinajstić information content (AvgIpc) is 3.09. The molecule has 0 unspecified atom stereocenters. The Morgan fingerprint density at radius 3 is 2.77 bits per heavy atom. The summed E-state index contributed by atoms with van der Waals surface area (Å²) < 4.78 is 11.0. The van der Waals surface area contributed by atoms with Gasteiger partial charge >= 0.3 is 5.97 Å². The average molecular weight is 362 g/mol. The second kappa shape index (κ2) is 7.00. The number of ether oxygens (including phenoxy) is 2. The number of carbonyl (C=O) groups is 1. The van der Waals surface area contributed by atoms with Gasteiger partial charge in [-0.05, 0) is 18.8 Å². The van der Waals surface area contributed by atoms with Crippen LogP contribution in [0.4, 0.5) is 11.8 Å². The fourth-order valence-corrected chi connectivity index (χ4v) is 4.18. The van der Waals surface area contributed by atoms with Crippen molar-refractivity contribution in [1.82, 2.24) is 9.97 Å². The summed E-state index contributed by atoms with van der Waals surface area (Å²) in [5, 5.41) is 9.86. The third-order valence-electron chi connectivity index (χ3n) is 5.83. The molecule has 3 fully saturated rings. The van der Waals surface area contributed by atoms with E-state index in [-0.39, 0.29) is 12.5 Å². The van der Waals surface area contributed by atoms with Crippen LogP contribution in [0, 0.1) is 11.3 Å². The van der Waals surface area contributed by atoms with Crippen molar-refractivity contribution in [1.29, 1.82) is 0 Å². The van der Waals surface area contributed by atoms with Gasteiger partial charge in [0.1, 0.15) is 11.2 Å². The maximum Gasteiger partial charge on any atom is 0.314 e. The van der Waals surface area contributed by atoms with Crippen molar-refractivity contribution in [2.45, 2.75) is 19.8 Å². The molecule has 1 aromatic heterocycles. The van der Waals surface area contributed by atoms with Crippen molar-refractivity contribution < 1.29 is 19.4 Å². The number of morpholine rings is 1. The first kappa shape index (κ1) is 17.5. The first-order valence-corrected chi connectivity index (χ1v) is 9.39. The third kappa shape index (κ3) is 3.01. The van der Waals surface area contributed by atoms with E-state index < -0.39 is 11.4 Å². The van der Waals surface area contributed by atoms with Gasteiger partial charge in [0.25, 0.3) is 0 Å². The standard InChI is InChI=1S/C18H26N4O4/c1-2-14-9-15(20-17(19-14)21-4-7-25-8-5-21)22-10-13-3-6-26-12-18(13,11-22)16(23)24/h9,13H,2-8,10-12H2,1H3,(H,23,24)/t13-,18+/m0/s1. The number of hydrogen-bond acceptors (Lipinski definition) is 7. The smallest absolute Gasteiger partial charge is 0.314 e. The molecule has 4 heterocycles. The fraction of sp³-hybridized carbons (Fsp3) is 0.722. The van der Waals surface area contributed by atoms with Gasteiger partial charge < -0.3 is 24.4 Å². The predicted molar refractivity (Wildman–Crippen MR) is 95.6 cm³/mol. The van der Waals surface area contributed by atoms with Crippen LogP contribution in [-0.2, 0) is 20.7 Å². The first-order chi connectivity index (χ1) is 12.6. The summed E-state index contributed by atoms with van der Waals surface area (Å²) in [5.74, 6) is 0.884. The van der Waals surface area contributed by atoms with Crippen LogP contribution in [0.1, 0.15) is 19.0 Å². The highest BCUT2D eigenvalue weighted by molar-refractivity contribution is 5.77. The van der Waals surface area contributed by atoms with Crippen LogP contribution in [0.5, 0.6) is 0 Å². The lowest BCUT2D eigenvalue weighted by atomic mass is 9.76. The summed E-state index contributed by atoms with van der Waals surface area (Å²) >= 11 is 0. The Morgan fingerprint density at radius 2 is 2.08 bits per heavy atom. The van der Waals surface area contributed by atoms with Gasteiger partial charge in [0.15, 0.2) is 0 Å². The van der Waals surface area contributed by atoms with Crippen molar-refractivity contribution in [3.05, 3.63) is 11.8 Å². The summed E-state index contributed by atoms with van der Waals surface area (Å²) in [7, 11) is 0. The highest BCUT2D eigenvalue weighted by Crippen LogP contribution is 2.43. The van der Waals surface area contributed by atoms with E-state index in [4.69, 9.17) is 14.5 Å². The van der Waals surface area contributed by atoms with E-state index in [0.717, 1.165) is 43.4 Å². The Balaban J connectivity index is 1.64. The molecule has 142 valence electrons. The van der Waals surface area contributed by atoms with Gasteiger partial charge in [-0.1, -0.05) is 6.92 Å². The minimum atomic E-state index is -0.825. The van der Waals surface area contributed by atoms with Gasteiger partial charge in [-0.3, -0.25) is 4.79 Å². The highest BCUT2D eigenvalue weighted by atomic mass is 16.5. The molecule has 26 heavy (non-hydrogen) atoms. The molecule has 0 saturated carbocycles. The largest absolute Gasteiger partial charge is 0.481 e. The topological polar surface area (TPSA) is 88.0 Å². The quantitative estimate of drug-likeness (QED) is 0.842. The highest BCUT2D eigenvalue weighted by Gasteiger charge is 2.54. The summed E-state index contributed by atoms with van der Waals surface area (Å²) in [6.45, 7) is 7.06. The SMILES string of the molecule is CCc1cc(N2C[C@@H]3CCOC[C@]3(C(=O)O)C2)nc(N2CCOCC2)n1. The van der Waals surface area contributed by atoms with Crippen LogP contribution in [-0.4, -0.2) is 73.7 Å². The van der Waals surface area contributed by atoms with E-state index in [1.54, 1.807) is 0 Å². The molecule has 3 aliphatic rings. The summed E-state index contributed by atoms with van der Waals surface area (Å²) in [6, 6.07) is 2.00. The summed E-state index contributed by atoms with van der Waals surface area (Å²) in [6.07, 6.45) is 1.60. The fourth-order valence-electron chi connectivity index (χ4n) is 4.18. The maximum absolute atomic E-state index is 12.0. The molecule has 3 aliphatic heterocycles. The monoisotopic (exact) mass is 362 g/mol. The van der Waals surface area contributed by atoms with Gasteiger partial charge in [0.2, 0.25) is 5.95 Å². The zero-order valence-electron chi connectivity index (χ0n) is 15.2. The molecule has 4 rings (SSSR count). The Labute approximate surface area is 153 Å². The number of aryl methyl sites for hydroxylation is 1. The molecule has 0 spiro atoms. The van der Waals surface area contributed by atoms with Crippen LogP contribution in [0.15, 0.2) is 6.07 Å². The van der Waals surface area contributed by atoms with E-state index in [1.165, 1.54) is 0 Å². The molecule has 2 atom stereocenters. The number of carboxylic acids is 1. The van der Waals surface area contributed by atoms with Crippen LogP contribution >= 0.6 is 0 Å². The lowest BCUT2D eigenvalue weighted by Gasteiger charge is -2.33. The van der Waals surface area contributed by atoms with Gasteiger partial charge in [0, 0.05) is 44.5 Å². The zero-order chi connectivity index (χ0) is 18.1. The first-order valence-electron chi connectivity index (χ1n) is 9.39. The number of nitrogens with zero attached hydrogens (tertiary/aromatic N) is 4. The molecular weight excluding hydrogens is 336 g/mol. The molecule has 0 bridgehead atoms. The van der Waals surface area contributed by atoms with E-state index in [0.29, 0.717) is 32.9 Å². The second-order valence-electron chi connectivity index (χ2n) is 7.35. The molecule has 0 aliphatic carbocycles. The van der Waals surface area contributed by atoms with Crippen molar-refractivity contribution >= 4 is 17.7 Å². The van der Waals surface area contributed by atoms with Crippen molar-refractivity contribution in [2.75, 3.05) is 62.4 Å². The molecule has 8 nitrogen and oxygen atoms in total. The van der Waals surface area contributed by atoms with E-state index in [2.05, 4.69) is 21.7 Å².